The van der Waals surface area contributed by atoms with Crippen LogP contribution in [0.1, 0.15) is 23.0 Å². The van der Waals surface area contributed by atoms with E-state index in [4.69, 9.17) is 0 Å². The first-order valence-corrected chi connectivity index (χ1v) is 7.00. The lowest BCUT2D eigenvalue weighted by molar-refractivity contribution is 0.101. The largest absolute Gasteiger partial charge is 0.294 e. The van der Waals surface area contributed by atoms with Gasteiger partial charge in [-0.15, -0.1) is 0 Å². The zero-order chi connectivity index (χ0) is 12.8. The molecule has 0 spiro atoms. The van der Waals surface area contributed by atoms with Gasteiger partial charge in [-0.05, 0) is 19.9 Å². The average molecular weight is 251 g/mol. The van der Waals surface area contributed by atoms with Crippen LogP contribution < -0.4 is 0 Å². The van der Waals surface area contributed by atoms with Gasteiger partial charge >= 0.3 is 0 Å². The summed E-state index contributed by atoms with van der Waals surface area (Å²) in [5.74, 6) is -0.124. The molecule has 1 aromatic heterocycles. The van der Waals surface area contributed by atoms with E-state index in [1.807, 2.05) is 0 Å². The molecular formula is C12H13NO3S. The molecule has 0 amide bonds. The molecule has 2 rings (SSSR count). The van der Waals surface area contributed by atoms with E-state index in [0.29, 0.717) is 22.2 Å². The fraction of sp³-hybridized carbons (Fsp3) is 0.250. The van der Waals surface area contributed by atoms with Gasteiger partial charge in [-0.1, -0.05) is 18.2 Å². The van der Waals surface area contributed by atoms with Crippen molar-refractivity contribution in [3.63, 3.8) is 0 Å². The second-order valence-corrected chi connectivity index (χ2v) is 5.89. The summed E-state index contributed by atoms with van der Waals surface area (Å²) < 4.78 is 24.7. The molecule has 90 valence electrons. The highest BCUT2D eigenvalue weighted by atomic mass is 32.2. The molecule has 5 heteroatoms. The Hall–Kier alpha value is -1.62. The number of ketones is 1. The maximum Gasteiger partial charge on any atom is 0.236 e. The number of fused-ring (bicyclic) bond motifs is 1. The van der Waals surface area contributed by atoms with Gasteiger partial charge in [0.1, 0.15) is 0 Å². The van der Waals surface area contributed by atoms with Crippen molar-refractivity contribution in [1.82, 2.24) is 3.97 Å². The first-order chi connectivity index (χ1) is 7.84. The number of nitrogens with zero attached hydrogens (tertiary/aromatic N) is 1. The highest BCUT2D eigenvalue weighted by Gasteiger charge is 2.21. The Morgan fingerprint density at radius 3 is 2.35 bits per heavy atom. The van der Waals surface area contributed by atoms with Gasteiger partial charge in [0.25, 0.3) is 0 Å². The molecule has 4 nitrogen and oxygen atoms in total. The molecule has 17 heavy (non-hydrogen) atoms. The average Bonchev–Trinajstić information content (AvgIpc) is 2.48. The van der Waals surface area contributed by atoms with Crippen LogP contribution in [0.2, 0.25) is 0 Å². The predicted molar refractivity (Wildman–Crippen MR) is 66.9 cm³/mol. The Balaban J connectivity index is 3.05. The zero-order valence-corrected chi connectivity index (χ0v) is 10.7. The molecule has 0 saturated heterocycles. The van der Waals surface area contributed by atoms with E-state index in [9.17, 15) is 13.2 Å². The number of Topliss-reactive ketones (excluding diaryl/α,β-unsaturated/α-hetero) is 1. The maximum atomic E-state index is 11.8. The van der Waals surface area contributed by atoms with Crippen LogP contribution in [0.25, 0.3) is 10.9 Å². The molecule has 0 atom stereocenters. The van der Waals surface area contributed by atoms with Gasteiger partial charge in [-0.2, -0.15) is 0 Å². The van der Waals surface area contributed by atoms with E-state index in [2.05, 4.69) is 0 Å². The van der Waals surface area contributed by atoms with Crippen LogP contribution in [0.15, 0.2) is 24.3 Å². The summed E-state index contributed by atoms with van der Waals surface area (Å²) in [7, 11) is -3.41. The maximum absolute atomic E-state index is 11.8. The van der Waals surface area contributed by atoms with Crippen molar-refractivity contribution in [2.75, 3.05) is 6.26 Å². The molecule has 0 bridgehead atoms. The fourth-order valence-electron chi connectivity index (χ4n) is 2.21. The van der Waals surface area contributed by atoms with Crippen LogP contribution in [0.3, 0.4) is 0 Å². The van der Waals surface area contributed by atoms with Crippen molar-refractivity contribution in [2.45, 2.75) is 13.8 Å². The SMILES string of the molecule is CC(=O)c1c(C)n(S(C)(=O)=O)c2ccccc12. The molecule has 0 aliphatic heterocycles. The summed E-state index contributed by atoms with van der Waals surface area (Å²) in [5, 5.41) is 0.683. The molecule has 0 unspecified atom stereocenters. The lowest BCUT2D eigenvalue weighted by Gasteiger charge is -2.04. The Bertz CT molecular complexity index is 711. The van der Waals surface area contributed by atoms with Crippen molar-refractivity contribution >= 4 is 26.7 Å². The smallest absolute Gasteiger partial charge is 0.236 e. The first kappa shape index (κ1) is 11.9. The van der Waals surface area contributed by atoms with Gasteiger partial charge in [0, 0.05) is 16.6 Å². The van der Waals surface area contributed by atoms with E-state index >= 15 is 0 Å². The van der Waals surface area contributed by atoms with Crippen molar-refractivity contribution in [3.05, 3.63) is 35.5 Å². The quantitative estimate of drug-likeness (QED) is 0.767. The van der Waals surface area contributed by atoms with Crippen molar-refractivity contribution in [3.8, 4) is 0 Å². The van der Waals surface area contributed by atoms with Crippen LogP contribution in [0.5, 0.6) is 0 Å². The Morgan fingerprint density at radius 1 is 1.24 bits per heavy atom. The molecule has 0 saturated carbocycles. The van der Waals surface area contributed by atoms with Crippen LogP contribution >= 0.6 is 0 Å². The third-order valence-electron chi connectivity index (χ3n) is 2.74. The van der Waals surface area contributed by atoms with Crippen molar-refractivity contribution in [1.29, 1.82) is 0 Å². The molecule has 0 aliphatic rings. The summed E-state index contributed by atoms with van der Waals surface area (Å²) in [4.78, 5) is 11.6. The summed E-state index contributed by atoms with van der Waals surface area (Å²) in [6, 6.07) is 7.02. The number of carbonyl (C=O) groups excluding carboxylic acids is 1. The van der Waals surface area contributed by atoms with Crippen LogP contribution in [-0.2, 0) is 10.0 Å². The molecular weight excluding hydrogens is 238 g/mol. The molecule has 0 aliphatic carbocycles. The summed E-state index contributed by atoms with van der Waals surface area (Å²) in [6.45, 7) is 3.10. The van der Waals surface area contributed by atoms with Gasteiger partial charge in [0.05, 0.1) is 11.8 Å². The molecule has 1 heterocycles. The number of carbonyl (C=O) groups is 1. The van der Waals surface area contributed by atoms with Gasteiger partial charge in [0.2, 0.25) is 10.0 Å². The summed E-state index contributed by atoms with van der Waals surface area (Å²) in [6.07, 6.45) is 1.14. The molecule has 2 aromatic rings. The van der Waals surface area contributed by atoms with Gasteiger partial charge in [0.15, 0.2) is 5.78 Å². The number of hydrogen-bond donors (Lipinski definition) is 0. The van der Waals surface area contributed by atoms with Crippen LogP contribution in [0, 0.1) is 6.92 Å². The Kier molecular flexibility index (Phi) is 2.58. The second kappa shape index (κ2) is 3.70. The standard InChI is InChI=1S/C12H13NO3S/c1-8-12(9(2)14)10-6-4-5-7-11(10)13(8)17(3,15)16/h4-7H,1-3H3. The zero-order valence-electron chi connectivity index (χ0n) is 9.89. The number of hydrogen-bond acceptors (Lipinski definition) is 3. The lowest BCUT2D eigenvalue weighted by atomic mass is 10.1. The van der Waals surface area contributed by atoms with E-state index in [1.54, 1.807) is 31.2 Å². The molecule has 0 radical (unpaired) electrons. The normalized spacial score (nSPS) is 11.9. The monoisotopic (exact) mass is 251 g/mol. The Labute approximate surface area is 99.9 Å². The van der Waals surface area contributed by atoms with E-state index in [1.165, 1.54) is 10.9 Å². The molecule has 0 N–H and O–H groups in total. The minimum absolute atomic E-state index is 0.124. The number of para-hydroxylation sites is 1. The highest BCUT2D eigenvalue weighted by molar-refractivity contribution is 7.89. The minimum atomic E-state index is -3.41. The Morgan fingerprint density at radius 2 is 1.82 bits per heavy atom. The van der Waals surface area contributed by atoms with Crippen molar-refractivity contribution in [2.24, 2.45) is 0 Å². The first-order valence-electron chi connectivity index (χ1n) is 5.15. The highest BCUT2D eigenvalue weighted by Crippen LogP contribution is 2.27. The third kappa shape index (κ3) is 1.76. The van der Waals surface area contributed by atoms with Gasteiger partial charge in [-0.25, -0.2) is 12.4 Å². The van der Waals surface area contributed by atoms with Crippen LogP contribution in [0.4, 0.5) is 0 Å². The second-order valence-electron chi connectivity index (χ2n) is 4.06. The van der Waals surface area contributed by atoms with E-state index in [0.717, 1.165) is 6.26 Å². The third-order valence-corrected chi connectivity index (χ3v) is 3.88. The summed E-state index contributed by atoms with van der Waals surface area (Å²) >= 11 is 0. The van der Waals surface area contributed by atoms with Gasteiger partial charge < -0.3 is 0 Å². The summed E-state index contributed by atoms with van der Waals surface area (Å²) in [5.41, 5.74) is 1.50. The topological polar surface area (TPSA) is 56.1 Å². The molecule has 0 fully saturated rings. The van der Waals surface area contributed by atoms with Crippen molar-refractivity contribution < 1.29 is 13.2 Å². The minimum Gasteiger partial charge on any atom is -0.294 e. The lowest BCUT2D eigenvalue weighted by Crippen LogP contribution is -2.12. The van der Waals surface area contributed by atoms with E-state index < -0.39 is 10.0 Å². The van der Waals surface area contributed by atoms with E-state index in [-0.39, 0.29) is 5.78 Å². The van der Waals surface area contributed by atoms with Gasteiger partial charge in [-0.3, -0.25) is 4.79 Å². The number of rotatable bonds is 2. The molecule has 1 aromatic carbocycles. The van der Waals surface area contributed by atoms with Crippen LogP contribution in [-0.4, -0.2) is 24.4 Å². The number of aromatic nitrogens is 1. The number of benzene rings is 1. The fourth-order valence-corrected chi connectivity index (χ4v) is 3.32. The predicted octanol–water partition coefficient (Wildman–Crippen LogP) is 1.96.